The standard InChI is InChI=1S/C15H17N3O2/c1-2-18(8-9-19)15(20)13-10-16-14(17-11-13)12-6-4-3-5-7-12/h3-7,10-11,19H,2,8-9H2,1H3. The van der Waals surface area contributed by atoms with E-state index >= 15 is 0 Å². The van der Waals surface area contributed by atoms with Gasteiger partial charge in [-0.15, -0.1) is 0 Å². The number of benzene rings is 1. The molecule has 0 radical (unpaired) electrons. The van der Waals surface area contributed by atoms with E-state index in [0.29, 0.717) is 24.5 Å². The van der Waals surface area contributed by atoms with Crippen molar-refractivity contribution >= 4 is 5.91 Å². The van der Waals surface area contributed by atoms with Gasteiger partial charge in [-0.05, 0) is 6.92 Å². The van der Waals surface area contributed by atoms with E-state index in [2.05, 4.69) is 9.97 Å². The zero-order valence-corrected chi connectivity index (χ0v) is 11.4. The van der Waals surface area contributed by atoms with Gasteiger partial charge < -0.3 is 10.0 Å². The second-order valence-corrected chi connectivity index (χ2v) is 4.27. The van der Waals surface area contributed by atoms with Crippen LogP contribution in [0.1, 0.15) is 17.3 Å². The summed E-state index contributed by atoms with van der Waals surface area (Å²) in [5, 5.41) is 8.93. The smallest absolute Gasteiger partial charge is 0.257 e. The van der Waals surface area contributed by atoms with Crippen molar-refractivity contribution in [3.8, 4) is 11.4 Å². The van der Waals surface area contributed by atoms with Crippen molar-refractivity contribution in [2.45, 2.75) is 6.92 Å². The van der Waals surface area contributed by atoms with Gasteiger partial charge in [0.05, 0.1) is 12.2 Å². The fraction of sp³-hybridized carbons (Fsp3) is 0.267. The Labute approximate surface area is 117 Å². The highest BCUT2D eigenvalue weighted by atomic mass is 16.3. The number of rotatable bonds is 5. The second-order valence-electron chi connectivity index (χ2n) is 4.27. The maximum absolute atomic E-state index is 12.1. The van der Waals surface area contributed by atoms with Gasteiger partial charge in [-0.3, -0.25) is 4.79 Å². The van der Waals surface area contributed by atoms with Gasteiger partial charge in [0.2, 0.25) is 0 Å². The summed E-state index contributed by atoms with van der Waals surface area (Å²) in [4.78, 5) is 22.2. The molecule has 1 heterocycles. The number of aromatic nitrogens is 2. The molecule has 5 nitrogen and oxygen atoms in total. The summed E-state index contributed by atoms with van der Waals surface area (Å²) in [5.74, 6) is 0.425. The monoisotopic (exact) mass is 271 g/mol. The predicted molar refractivity (Wildman–Crippen MR) is 76.1 cm³/mol. The average Bonchev–Trinajstić information content (AvgIpc) is 2.53. The summed E-state index contributed by atoms with van der Waals surface area (Å²) < 4.78 is 0. The first-order valence-electron chi connectivity index (χ1n) is 6.54. The lowest BCUT2D eigenvalue weighted by Crippen LogP contribution is -2.33. The summed E-state index contributed by atoms with van der Waals surface area (Å²) in [6.07, 6.45) is 3.05. The lowest BCUT2D eigenvalue weighted by Gasteiger charge is -2.19. The Balaban J connectivity index is 2.18. The van der Waals surface area contributed by atoms with Crippen molar-refractivity contribution in [3.63, 3.8) is 0 Å². The zero-order valence-electron chi connectivity index (χ0n) is 11.4. The molecule has 2 aromatic rings. The third-order valence-corrected chi connectivity index (χ3v) is 2.97. The SMILES string of the molecule is CCN(CCO)C(=O)c1cnc(-c2ccccc2)nc1. The molecule has 0 spiro atoms. The molecule has 104 valence electrons. The molecule has 0 aliphatic carbocycles. The van der Waals surface area contributed by atoms with Gasteiger partial charge >= 0.3 is 0 Å². The van der Waals surface area contributed by atoms with Crippen LogP contribution in [0.15, 0.2) is 42.7 Å². The Kier molecular flexibility index (Phi) is 4.79. The predicted octanol–water partition coefficient (Wildman–Crippen LogP) is 1.60. The molecule has 0 saturated carbocycles. The van der Waals surface area contributed by atoms with E-state index in [-0.39, 0.29) is 12.5 Å². The molecule has 1 amide bonds. The normalized spacial score (nSPS) is 10.3. The number of hydrogen-bond acceptors (Lipinski definition) is 4. The van der Waals surface area contributed by atoms with Crippen LogP contribution >= 0.6 is 0 Å². The minimum atomic E-state index is -0.166. The molecule has 2 rings (SSSR count). The quantitative estimate of drug-likeness (QED) is 0.897. The molecular weight excluding hydrogens is 254 g/mol. The van der Waals surface area contributed by atoms with Crippen LogP contribution in [0.2, 0.25) is 0 Å². The maximum atomic E-state index is 12.1. The summed E-state index contributed by atoms with van der Waals surface area (Å²) in [6, 6.07) is 9.59. The van der Waals surface area contributed by atoms with Crippen LogP contribution in [0.3, 0.4) is 0 Å². The number of likely N-dealkylation sites (N-methyl/N-ethyl adjacent to an activating group) is 1. The van der Waals surface area contributed by atoms with Gasteiger partial charge in [0, 0.05) is 31.0 Å². The Morgan fingerprint density at radius 1 is 1.20 bits per heavy atom. The third kappa shape index (κ3) is 3.19. The molecule has 0 bridgehead atoms. The fourth-order valence-corrected chi connectivity index (χ4v) is 1.88. The number of aliphatic hydroxyl groups is 1. The van der Waals surface area contributed by atoms with Gasteiger partial charge in [-0.2, -0.15) is 0 Å². The highest BCUT2D eigenvalue weighted by Gasteiger charge is 2.14. The number of carbonyl (C=O) groups is 1. The maximum Gasteiger partial charge on any atom is 0.257 e. The molecule has 0 aliphatic rings. The largest absolute Gasteiger partial charge is 0.395 e. The van der Waals surface area contributed by atoms with E-state index in [0.717, 1.165) is 5.56 Å². The van der Waals surface area contributed by atoms with Crippen LogP contribution in [-0.4, -0.2) is 45.6 Å². The average molecular weight is 271 g/mol. The van der Waals surface area contributed by atoms with Gasteiger partial charge in [-0.25, -0.2) is 9.97 Å². The Morgan fingerprint density at radius 3 is 2.40 bits per heavy atom. The first kappa shape index (κ1) is 14.1. The molecule has 0 unspecified atom stereocenters. The van der Waals surface area contributed by atoms with Crippen LogP contribution in [-0.2, 0) is 0 Å². The lowest BCUT2D eigenvalue weighted by atomic mass is 10.2. The number of amides is 1. The minimum absolute atomic E-state index is 0.0530. The number of nitrogens with zero attached hydrogens (tertiary/aromatic N) is 3. The van der Waals surface area contributed by atoms with E-state index in [9.17, 15) is 4.79 Å². The lowest BCUT2D eigenvalue weighted by molar-refractivity contribution is 0.0731. The van der Waals surface area contributed by atoms with Crippen LogP contribution in [0.25, 0.3) is 11.4 Å². The summed E-state index contributed by atoms with van der Waals surface area (Å²) in [5.41, 5.74) is 1.34. The van der Waals surface area contributed by atoms with Gasteiger partial charge in [0.1, 0.15) is 0 Å². The van der Waals surface area contributed by atoms with Gasteiger partial charge in [0.15, 0.2) is 5.82 Å². The van der Waals surface area contributed by atoms with Gasteiger partial charge in [0.25, 0.3) is 5.91 Å². The van der Waals surface area contributed by atoms with E-state index < -0.39 is 0 Å². The van der Waals surface area contributed by atoms with E-state index in [4.69, 9.17) is 5.11 Å². The highest BCUT2D eigenvalue weighted by Crippen LogP contribution is 2.13. The number of aliphatic hydroxyl groups excluding tert-OH is 1. The fourth-order valence-electron chi connectivity index (χ4n) is 1.88. The second kappa shape index (κ2) is 6.77. The minimum Gasteiger partial charge on any atom is -0.395 e. The number of hydrogen-bond donors (Lipinski definition) is 1. The van der Waals surface area contributed by atoms with Crippen molar-refractivity contribution in [1.29, 1.82) is 0 Å². The van der Waals surface area contributed by atoms with Crippen LogP contribution in [0, 0.1) is 0 Å². The Hall–Kier alpha value is -2.27. The molecular formula is C15H17N3O2. The zero-order chi connectivity index (χ0) is 14.4. The van der Waals surface area contributed by atoms with Crippen molar-refractivity contribution in [2.24, 2.45) is 0 Å². The summed E-state index contributed by atoms with van der Waals surface area (Å²) >= 11 is 0. The highest BCUT2D eigenvalue weighted by molar-refractivity contribution is 5.93. The molecule has 1 aromatic heterocycles. The van der Waals surface area contributed by atoms with Crippen molar-refractivity contribution in [2.75, 3.05) is 19.7 Å². The Bertz CT molecular complexity index is 555. The first-order chi connectivity index (χ1) is 9.76. The van der Waals surface area contributed by atoms with Crippen LogP contribution in [0.4, 0.5) is 0 Å². The van der Waals surface area contributed by atoms with Crippen molar-refractivity contribution < 1.29 is 9.90 Å². The molecule has 0 atom stereocenters. The summed E-state index contributed by atoms with van der Waals surface area (Å²) in [6.45, 7) is 2.67. The van der Waals surface area contributed by atoms with E-state index in [1.54, 1.807) is 4.90 Å². The van der Waals surface area contributed by atoms with Crippen LogP contribution in [0.5, 0.6) is 0 Å². The van der Waals surface area contributed by atoms with E-state index in [1.165, 1.54) is 12.4 Å². The number of carbonyl (C=O) groups excluding carboxylic acids is 1. The van der Waals surface area contributed by atoms with Crippen molar-refractivity contribution in [3.05, 3.63) is 48.3 Å². The molecule has 0 saturated heterocycles. The first-order valence-corrected chi connectivity index (χ1v) is 6.54. The van der Waals surface area contributed by atoms with Gasteiger partial charge in [-0.1, -0.05) is 30.3 Å². The molecule has 1 aromatic carbocycles. The third-order valence-electron chi connectivity index (χ3n) is 2.97. The molecule has 5 heteroatoms. The van der Waals surface area contributed by atoms with E-state index in [1.807, 2.05) is 37.3 Å². The Morgan fingerprint density at radius 2 is 1.85 bits per heavy atom. The van der Waals surface area contributed by atoms with Crippen molar-refractivity contribution in [1.82, 2.24) is 14.9 Å². The molecule has 0 fully saturated rings. The molecule has 20 heavy (non-hydrogen) atoms. The topological polar surface area (TPSA) is 66.3 Å². The molecule has 0 aliphatic heterocycles. The van der Waals surface area contributed by atoms with Crippen LogP contribution < -0.4 is 0 Å². The summed E-state index contributed by atoms with van der Waals surface area (Å²) in [7, 11) is 0. The molecule has 1 N–H and O–H groups in total.